The minimum atomic E-state index is -0.215. The number of nitrogens with two attached hydrogens (primary N) is 1. The van der Waals surface area contributed by atoms with Crippen molar-refractivity contribution in [1.29, 1.82) is 0 Å². The van der Waals surface area contributed by atoms with Crippen LogP contribution in [0.4, 0.5) is 5.82 Å². The quantitative estimate of drug-likeness (QED) is 0.729. The third-order valence-corrected chi connectivity index (χ3v) is 4.23. The Morgan fingerprint density at radius 2 is 2.33 bits per heavy atom. The second kappa shape index (κ2) is 5.95. The highest BCUT2D eigenvalue weighted by atomic mass is 16.5. The number of amides is 1. The van der Waals surface area contributed by atoms with E-state index in [1.54, 1.807) is 12.1 Å². The Morgan fingerprint density at radius 3 is 3.05 bits per heavy atom. The Kier molecular flexibility index (Phi) is 4.03. The summed E-state index contributed by atoms with van der Waals surface area (Å²) in [7, 11) is 0. The summed E-state index contributed by atoms with van der Waals surface area (Å²) in [5, 5.41) is 13.9. The van der Waals surface area contributed by atoms with Crippen LogP contribution in [0.15, 0.2) is 12.1 Å². The molecule has 21 heavy (non-hydrogen) atoms. The largest absolute Gasteiger partial charge is 0.376 e. The second-order valence-corrected chi connectivity index (χ2v) is 5.55. The smallest absolute Gasteiger partial charge is 0.271 e. The number of hydrogen-bond acceptors (Lipinski definition) is 6. The summed E-state index contributed by atoms with van der Waals surface area (Å²) in [6.07, 6.45) is 2.38. The van der Waals surface area contributed by atoms with Crippen LogP contribution in [0.2, 0.25) is 0 Å². The number of rotatable bonds is 4. The molecule has 0 spiro atoms. The molecule has 4 atom stereocenters. The molecule has 1 saturated carbocycles. The molecule has 7 nitrogen and oxygen atoms in total. The van der Waals surface area contributed by atoms with E-state index in [0.29, 0.717) is 24.0 Å². The van der Waals surface area contributed by atoms with Gasteiger partial charge in [-0.1, -0.05) is 0 Å². The molecular formula is C14H21N5O2. The number of carbonyl (C=O) groups excluding carboxylic acids is 1. The molecular weight excluding hydrogens is 270 g/mol. The molecule has 1 aromatic rings. The lowest BCUT2D eigenvalue weighted by atomic mass is 9.68. The van der Waals surface area contributed by atoms with Gasteiger partial charge in [-0.25, -0.2) is 0 Å². The van der Waals surface area contributed by atoms with Gasteiger partial charge in [0.25, 0.3) is 5.91 Å². The molecule has 2 heterocycles. The Balaban J connectivity index is 1.62. The van der Waals surface area contributed by atoms with Gasteiger partial charge < -0.3 is 21.1 Å². The van der Waals surface area contributed by atoms with E-state index >= 15 is 0 Å². The van der Waals surface area contributed by atoms with Crippen LogP contribution in [0, 0.1) is 5.92 Å². The SMILES string of the molecule is CCNC(=O)c1ccc(NC2C(N)C3CCCOC32)nn1. The van der Waals surface area contributed by atoms with Gasteiger partial charge in [0.2, 0.25) is 0 Å². The van der Waals surface area contributed by atoms with Gasteiger partial charge in [0, 0.05) is 25.1 Å². The predicted molar refractivity (Wildman–Crippen MR) is 77.9 cm³/mol. The first kappa shape index (κ1) is 14.2. The number of fused-ring (bicyclic) bond motifs is 1. The zero-order chi connectivity index (χ0) is 14.8. The van der Waals surface area contributed by atoms with Gasteiger partial charge in [-0.2, -0.15) is 0 Å². The molecule has 7 heteroatoms. The van der Waals surface area contributed by atoms with Gasteiger partial charge in [-0.05, 0) is 31.9 Å². The number of aromatic nitrogens is 2. The fraction of sp³-hybridized carbons (Fsp3) is 0.643. The van der Waals surface area contributed by atoms with Gasteiger partial charge >= 0.3 is 0 Å². The molecule has 0 aromatic carbocycles. The number of nitrogens with one attached hydrogen (secondary N) is 2. The van der Waals surface area contributed by atoms with Crippen LogP contribution < -0.4 is 16.4 Å². The molecule has 4 unspecified atom stereocenters. The minimum Gasteiger partial charge on any atom is -0.376 e. The maximum Gasteiger partial charge on any atom is 0.271 e. The fourth-order valence-corrected chi connectivity index (χ4v) is 3.08. The summed E-state index contributed by atoms with van der Waals surface area (Å²) in [5.41, 5.74) is 6.50. The second-order valence-electron chi connectivity index (χ2n) is 5.55. The van der Waals surface area contributed by atoms with E-state index in [2.05, 4.69) is 20.8 Å². The Bertz CT molecular complexity index is 507. The van der Waals surface area contributed by atoms with E-state index < -0.39 is 0 Å². The Labute approximate surface area is 123 Å². The van der Waals surface area contributed by atoms with E-state index in [1.807, 2.05) is 6.92 Å². The topological polar surface area (TPSA) is 102 Å². The molecule has 1 aromatic heterocycles. The molecule has 2 fully saturated rings. The van der Waals surface area contributed by atoms with E-state index in [9.17, 15) is 4.79 Å². The first-order chi connectivity index (χ1) is 10.2. The van der Waals surface area contributed by atoms with Crippen molar-refractivity contribution in [3.05, 3.63) is 17.8 Å². The zero-order valence-electron chi connectivity index (χ0n) is 12.1. The van der Waals surface area contributed by atoms with Crippen LogP contribution in [0.5, 0.6) is 0 Å². The molecule has 3 rings (SSSR count). The molecule has 1 saturated heterocycles. The van der Waals surface area contributed by atoms with E-state index in [1.165, 1.54) is 0 Å². The van der Waals surface area contributed by atoms with Crippen LogP contribution in [-0.2, 0) is 4.74 Å². The van der Waals surface area contributed by atoms with Crippen LogP contribution in [0.1, 0.15) is 30.3 Å². The highest BCUT2D eigenvalue weighted by Gasteiger charge is 2.50. The van der Waals surface area contributed by atoms with Crippen molar-refractivity contribution in [2.24, 2.45) is 11.7 Å². The van der Waals surface area contributed by atoms with E-state index in [0.717, 1.165) is 19.4 Å². The van der Waals surface area contributed by atoms with Crippen LogP contribution in [-0.4, -0.2) is 47.4 Å². The van der Waals surface area contributed by atoms with Gasteiger partial charge in [0.15, 0.2) is 5.69 Å². The maximum absolute atomic E-state index is 11.6. The van der Waals surface area contributed by atoms with Crippen molar-refractivity contribution in [3.8, 4) is 0 Å². The minimum absolute atomic E-state index is 0.0694. The fourth-order valence-electron chi connectivity index (χ4n) is 3.08. The maximum atomic E-state index is 11.6. The lowest BCUT2D eigenvalue weighted by Crippen LogP contribution is -2.69. The molecule has 114 valence electrons. The van der Waals surface area contributed by atoms with Crippen molar-refractivity contribution in [2.45, 2.75) is 38.0 Å². The number of anilines is 1. The third-order valence-electron chi connectivity index (χ3n) is 4.23. The summed E-state index contributed by atoms with van der Waals surface area (Å²) >= 11 is 0. The zero-order valence-corrected chi connectivity index (χ0v) is 12.1. The van der Waals surface area contributed by atoms with Crippen molar-refractivity contribution in [1.82, 2.24) is 15.5 Å². The average molecular weight is 291 g/mol. The molecule has 1 aliphatic carbocycles. The van der Waals surface area contributed by atoms with E-state index in [4.69, 9.17) is 10.5 Å². The summed E-state index contributed by atoms with van der Waals surface area (Å²) in [6, 6.07) is 3.56. The van der Waals surface area contributed by atoms with Gasteiger partial charge in [0.05, 0.1) is 12.1 Å². The van der Waals surface area contributed by atoms with Crippen molar-refractivity contribution in [3.63, 3.8) is 0 Å². The molecule has 0 radical (unpaired) electrons. The van der Waals surface area contributed by atoms with Crippen molar-refractivity contribution >= 4 is 11.7 Å². The number of carbonyl (C=O) groups is 1. The number of ether oxygens (including phenoxy) is 1. The molecule has 1 aliphatic heterocycles. The summed E-state index contributed by atoms with van der Waals surface area (Å²) in [6.45, 7) is 3.23. The van der Waals surface area contributed by atoms with Gasteiger partial charge in [-0.3, -0.25) is 4.79 Å². The summed E-state index contributed by atoms with van der Waals surface area (Å²) in [4.78, 5) is 11.6. The highest BCUT2D eigenvalue weighted by molar-refractivity contribution is 5.92. The molecule has 1 amide bonds. The van der Waals surface area contributed by atoms with Gasteiger partial charge in [-0.15, -0.1) is 10.2 Å². The summed E-state index contributed by atoms with van der Waals surface area (Å²) in [5.74, 6) is 0.850. The number of nitrogens with zero attached hydrogens (tertiary/aromatic N) is 2. The Morgan fingerprint density at radius 1 is 1.48 bits per heavy atom. The van der Waals surface area contributed by atoms with Gasteiger partial charge in [0.1, 0.15) is 5.82 Å². The molecule has 0 bridgehead atoms. The normalized spacial score (nSPS) is 31.0. The standard InChI is InChI=1S/C14H21N5O2/c1-2-16-14(20)9-5-6-10(19-18-9)17-12-11(15)8-4-3-7-21-13(8)12/h5-6,8,11-13H,2-4,7,15H2,1H3,(H,16,20)(H,17,19). The summed E-state index contributed by atoms with van der Waals surface area (Å²) < 4.78 is 5.77. The lowest BCUT2D eigenvalue weighted by molar-refractivity contribution is -0.104. The third kappa shape index (κ3) is 2.71. The predicted octanol–water partition coefficient (Wildman–Crippen LogP) is 0.143. The monoisotopic (exact) mass is 291 g/mol. The number of hydrogen-bond donors (Lipinski definition) is 3. The van der Waals surface area contributed by atoms with E-state index in [-0.39, 0.29) is 24.1 Å². The first-order valence-electron chi connectivity index (χ1n) is 7.46. The van der Waals surface area contributed by atoms with Crippen molar-refractivity contribution < 1.29 is 9.53 Å². The van der Waals surface area contributed by atoms with Crippen LogP contribution in [0.25, 0.3) is 0 Å². The first-order valence-corrected chi connectivity index (χ1v) is 7.46. The van der Waals surface area contributed by atoms with Crippen LogP contribution in [0.3, 0.4) is 0 Å². The molecule has 4 N–H and O–H groups in total. The average Bonchev–Trinajstić information content (AvgIpc) is 2.53. The molecule has 2 aliphatic rings. The van der Waals surface area contributed by atoms with Crippen molar-refractivity contribution in [2.75, 3.05) is 18.5 Å². The highest BCUT2D eigenvalue weighted by Crippen LogP contribution is 2.38. The lowest BCUT2D eigenvalue weighted by Gasteiger charge is -2.52. The van der Waals surface area contributed by atoms with Crippen LogP contribution >= 0.6 is 0 Å². The Hall–Kier alpha value is -1.73.